The maximum atomic E-state index is 12.1. The molecule has 2 saturated heterocycles. The fourth-order valence-electron chi connectivity index (χ4n) is 4.07. The van der Waals surface area contributed by atoms with E-state index in [0.29, 0.717) is 12.0 Å². The Labute approximate surface area is 160 Å². The van der Waals surface area contributed by atoms with E-state index in [9.17, 15) is 4.79 Å². The van der Waals surface area contributed by atoms with Crippen LogP contribution in [0.2, 0.25) is 0 Å². The first-order valence-corrected chi connectivity index (χ1v) is 9.95. The van der Waals surface area contributed by atoms with Gasteiger partial charge in [-0.05, 0) is 68.5 Å². The van der Waals surface area contributed by atoms with E-state index in [0.717, 1.165) is 75.6 Å². The van der Waals surface area contributed by atoms with Gasteiger partial charge in [0.15, 0.2) is 11.5 Å². The number of ether oxygens (including phenoxy) is 3. The first-order valence-electron chi connectivity index (χ1n) is 9.95. The number of amides is 1. The molecule has 0 aliphatic carbocycles. The summed E-state index contributed by atoms with van der Waals surface area (Å²) in [5, 5.41) is 3.05. The summed E-state index contributed by atoms with van der Waals surface area (Å²) >= 11 is 0. The largest absolute Gasteiger partial charge is 0.454 e. The molecule has 6 heteroatoms. The van der Waals surface area contributed by atoms with Gasteiger partial charge in [0, 0.05) is 31.9 Å². The number of rotatable bonds is 5. The molecular formula is C21H28N2O4. The van der Waals surface area contributed by atoms with Crippen LogP contribution >= 0.6 is 0 Å². The van der Waals surface area contributed by atoms with Gasteiger partial charge in [0.1, 0.15) is 0 Å². The van der Waals surface area contributed by atoms with Gasteiger partial charge in [-0.1, -0.05) is 6.07 Å². The van der Waals surface area contributed by atoms with Crippen molar-refractivity contribution in [1.29, 1.82) is 0 Å². The number of piperidine rings is 1. The molecule has 0 bridgehead atoms. The zero-order chi connectivity index (χ0) is 18.5. The van der Waals surface area contributed by atoms with E-state index in [1.165, 1.54) is 0 Å². The summed E-state index contributed by atoms with van der Waals surface area (Å²) in [5.74, 6) is 2.01. The van der Waals surface area contributed by atoms with Gasteiger partial charge in [-0.3, -0.25) is 4.79 Å². The lowest BCUT2D eigenvalue weighted by atomic mass is 9.94. The Morgan fingerprint density at radius 2 is 1.89 bits per heavy atom. The summed E-state index contributed by atoms with van der Waals surface area (Å²) in [7, 11) is 0. The number of nitrogens with one attached hydrogen (secondary N) is 1. The minimum atomic E-state index is -0.0421. The third-order valence-electron chi connectivity index (χ3n) is 5.75. The van der Waals surface area contributed by atoms with E-state index >= 15 is 0 Å². The number of benzene rings is 1. The molecule has 1 aromatic carbocycles. The number of hydrogen-bond acceptors (Lipinski definition) is 5. The van der Waals surface area contributed by atoms with Crippen molar-refractivity contribution in [1.82, 2.24) is 10.2 Å². The van der Waals surface area contributed by atoms with E-state index in [-0.39, 0.29) is 12.7 Å². The predicted molar refractivity (Wildman–Crippen MR) is 103 cm³/mol. The second-order valence-corrected chi connectivity index (χ2v) is 7.51. The average molecular weight is 372 g/mol. The van der Waals surface area contributed by atoms with Crippen molar-refractivity contribution in [2.24, 2.45) is 5.92 Å². The van der Waals surface area contributed by atoms with Crippen LogP contribution in [0.1, 0.15) is 31.2 Å². The molecule has 0 spiro atoms. The number of carbonyl (C=O) groups excluding carboxylic acids is 1. The van der Waals surface area contributed by atoms with Crippen molar-refractivity contribution in [3.05, 3.63) is 29.8 Å². The summed E-state index contributed by atoms with van der Waals surface area (Å²) < 4.78 is 16.1. The van der Waals surface area contributed by atoms with Gasteiger partial charge in [-0.15, -0.1) is 0 Å². The van der Waals surface area contributed by atoms with Crippen molar-refractivity contribution in [2.75, 3.05) is 39.6 Å². The lowest BCUT2D eigenvalue weighted by molar-refractivity contribution is -0.116. The maximum absolute atomic E-state index is 12.1. The summed E-state index contributed by atoms with van der Waals surface area (Å²) in [6.07, 6.45) is 8.03. The summed E-state index contributed by atoms with van der Waals surface area (Å²) in [5.41, 5.74) is 0.930. The predicted octanol–water partition coefficient (Wildman–Crippen LogP) is 2.44. The van der Waals surface area contributed by atoms with Crippen molar-refractivity contribution in [3.8, 4) is 11.5 Å². The van der Waals surface area contributed by atoms with Crippen molar-refractivity contribution in [2.45, 2.75) is 31.7 Å². The molecule has 3 aliphatic rings. The molecule has 1 amide bonds. The summed E-state index contributed by atoms with van der Waals surface area (Å²) in [6.45, 7) is 5.09. The lowest BCUT2D eigenvalue weighted by Crippen LogP contribution is -2.45. The van der Waals surface area contributed by atoms with E-state index in [2.05, 4.69) is 10.2 Å². The molecule has 0 atom stereocenters. The van der Waals surface area contributed by atoms with Crippen LogP contribution in [0.3, 0.4) is 0 Å². The van der Waals surface area contributed by atoms with Crippen LogP contribution in [0.25, 0.3) is 6.08 Å². The van der Waals surface area contributed by atoms with Crippen LogP contribution in [0.4, 0.5) is 0 Å². The van der Waals surface area contributed by atoms with Gasteiger partial charge < -0.3 is 24.4 Å². The second kappa shape index (κ2) is 8.76. The molecule has 146 valence electrons. The van der Waals surface area contributed by atoms with Crippen molar-refractivity contribution < 1.29 is 19.0 Å². The maximum Gasteiger partial charge on any atom is 0.244 e. The number of hydrogen-bond donors (Lipinski definition) is 1. The van der Waals surface area contributed by atoms with E-state index < -0.39 is 0 Å². The standard InChI is InChI=1S/C21H28N2O4/c24-21(4-2-16-1-3-19-20(13-16)27-15-26-19)22-14-17-5-9-23(10-6-17)18-7-11-25-12-8-18/h1-4,13,17-18H,5-12,14-15H2,(H,22,24). The van der Waals surface area contributed by atoms with Gasteiger partial charge in [0.05, 0.1) is 0 Å². The number of carbonyl (C=O) groups is 1. The van der Waals surface area contributed by atoms with Crippen LogP contribution in [0.15, 0.2) is 24.3 Å². The Morgan fingerprint density at radius 1 is 1.11 bits per heavy atom. The zero-order valence-corrected chi connectivity index (χ0v) is 15.7. The first-order chi connectivity index (χ1) is 13.3. The molecule has 3 heterocycles. The molecule has 2 fully saturated rings. The molecule has 4 rings (SSSR count). The second-order valence-electron chi connectivity index (χ2n) is 7.51. The van der Waals surface area contributed by atoms with Gasteiger partial charge in [-0.25, -0.2) is 0 Å². The molecule has 1 aromatic rings. The molecule has 27 heavy (non-hydrogen) atoms. The van der Waals surface area contributed by atoms with Crippen LogP contribution in [0.5, 0.6) is 11.5 Å². The smallest absolute Gasteiger partial charge is 0.244 e. The topological polar surface area (TPSA) is 60.0 Å². The molecule has 3 aliphatic heterocycles. The molecule has 0 saturated carbocycles. The highest BCUT2D eigenvalue weighted by Gasteiger charge is 2.26. The summed E-state index contributed by atoms with van der Waals surface area (Å²) in [4.78, 5) is 14.7. The van der Waals surface area contributed by atoms with Gasteiger partial charge in [0.2, 0.25) is 12.7 Å². The lowest BCUT2D eigenvalue weighted by Gasteiger charge is -2.39. The van der Waals surface area contributed by atoms with E-state index in [1.807, 2.05) is 24.3 Å². The van der Waals surface area contributed by atoms with Crippen molar-refractivity contribution >= 4 is 12.0 Å². The fourth-order valence-corrected chi connectivity index (χ4v) is 4.07. The Balaban J connectivity index is 1.18. The molecule has 0 unspecified atom stereocenters. The minimum Gasteiger partial charge on any atom is -0.454 e. The molecule has 6 nitrogen and oxygen atoms in total. The molecule has 0 radical (unpaired) electrons. The fraction of sp³-hybridized carbons (Fsp3) is 0.571. The highest BCUT2D eigenvalue weighted by molar-refractivity contribution is 5.91. The highest BCUT2D eigenvalue weighted by atomic mass is 16.7. The van der Waals surface area contributed by atoms with E-state index in [4.69, 9.17) is 14.2 Å². The van der Waals surface area contributed by atoms with Crippen LogP contribution < -0.4 is 14.8 Å². The van der Waals surface area contributed by atoms with Crippen molar-refractivity contribution in [3.63, 3.8) is 0 Å². The Bertz CT molecular complexity index is 677. The number of likely N-dealkylation sites (tertiary alicyclic amines) is 1. The first kappa shape index (κ1) is 18.3. The molecular weight excluding hydrogens is 344 g/mol. The third kappa shape index (κ3) is 4.82. The number of fused-ring (bicyclic) bond motifs is 1. The Morgan fingerprint density at radius 3 is 2.70 bits per heavy atom. The SMILES string of the molecule is O=C(C=Cc1ccc2c(c1)OCO2)NCC1CCN(C2CCOCC2)CC1. The Hall–Kier alpha value is -2.05. The van der Waals surface area contributed by atoms with E-state index in [1.54, 1.807) is 6.08 Å². The molecule has 0 aromatic heterocycles. The zero-order valence-electron chi connectivity index (χ0n) is 15.7. The quantitative estimate of drug-likeness (QED) is 0.805. The minimum absolute atomic E-state index is 0.0421. The van der Waals surface area contributed by atoms with Crippen LogP contribution in [-0.4, -0.2) is 56.5 Å². The third-order valence-corrected chi connectivity index (χ3v) is 5.75. The van der Waals surface area contributed by atoms with Crippen LogP contribution in [-0.2, 0) is 9.53 Å². The van der Waals surface area contributed by atoms with Crippen LogP contribution in [0, 0.1) is 5.92 Å². The Kier molecular flexibility index (Phi) is 5.94. The number of nitrogens with zero attached hydrogens (tertiary/aromatic N) is 1. The van der Waals surface area contributed by atoms with Gasteiger partial charge in [-0.2, -0.15) is 0 Å². The monoisotopic (exact) mass is 372 g/mol. The normalized spacial score (nSPS) is 21.6. The average Bonchev–Trinajstić information content (AvgIpc) is 3.19. The molecule has 1 N–H and O–H groups in total. The van der Waals surface area contributed by atoms with Gasteiger partial charge >= 0.3 is 0 Å². The van der Waals surface area contributed by atoms with Gasteiger partial charge in [0.25, 0.3) is 0 Å². The summed E-state index contributed by atoms with van der Waals surface area (Å²) in [6, 6.07) is 6.37. The highest BCUT2D eigenvalue weighted by Crippen LogP contribution is 2.32.